The molecule has 2 aromatic heterocycles. The predicted octanol–water partition coefficient (Wildman–Crippen LogP) is 0.752. The lowest BCUT2D eigenvalue weighted by molar-refractivity contribution is -0.135. The molecule has 17 nitrogen and oxygen atoms in total. The summed E-state index contributed by atoms with van der Waals surface area (Å²) in [5, 5.41) is 25.3. The van der Waals surface area contributed by atoms with Crippen molar-refractivity contribution in [2.24, 2.45) is 17.2 Å². The molecule has 6 amide bonds. The number of aliphatic hydroxyl groups is 1. The number of nitrogens with one attached hydrogen (secondary N) is 7. The van der Waals surface area contributed by atoms with Crippen LogP contribution in [0.2, 0.25) is 0 Å². The molecule has 7 atom stereocenters. The number of carbonyl (C=O) groups excluding carboxylic acids is 6. The highest BCUT2D eigenvalue weighted by atomic mass is 16.3. The van der Waals surface area contributed by atoms with Crippen molar-refractivity contribution in [3.8, 4) is 0 Å². The molecule has 0 aliphatic carbocycles. The van der Waals surface area contributed by atoms with Gasteiger partial charge >= 0.3 is 0 Å². The highest BCUT2D eigenvalue weighted by Crippen LogP contribution is 2.24. The Bertz CT molecular complexity index is 2340. The summed E-state index contributed by atoms with van der Waals surface area (Å²) < 4.78 is 0. The van der Waals surface area contributed by atoms with Crippen molar-refractivity contribution >= 4 is 57.2 Å². The van der Waals surface area contributed by atoms with Gasteiger partial charge in [0.05, 0.1) is 6.10 Å². The zero-order chi connectivity index (χ0) is 44.9. The Hall–Kier alpha value is -6.56. The third-order valence-electron chi connectivity index (χ3n) is 10.9. The first-order valence-electron chi connectivity index (χ1n) is 20.8. The molecule has 0 aliphatic rings. The molecule has 2 heterocycles. The van der Waals surface area contributed by atoms with Crippen LogP contribution in [0, 0.1) is 6.92 Å². The Morgan fingerprint density at radius 1 is 0.645 bits per heavy atom. The molecule has 5 aromatic rings. The second-order valence-corrected chi connectivity index (χ2v) is 15.7. The number of H-pyrrole nitrogens is 2. The van der Waals surface area contributed by atoms with Crippen molar-refractivity contribution in [3.05, 3.63) is 107 Å². The number of hydrogen-bond acceptors (Lipinski definition) is 9. The second kappa shape index (κ2) is 21.8. The molecule has 0 spiro atoms. The third kappa shape index (κ3) is 12.3. The molecule has 14 N–H and O–H groups in total. The van der Waals surface area contributed by atoms with Crippen LogP contribution in [0.3, 0.4) is 0 Å². The van der Waals surface area contributed by atoms with Crippen LogP contribution in [0.5, 0.6) is 0 Å². The molecule has 0 saturated carbocycles. The molecule has 0 radical (unpaired) electrons. The number of amides is 6. The third-order valence-corrected chi connectivity index (χ3v) is 10.9. The van der Waals surface area contributed by atoms with Crippen LogP contribution in [-0.4, -0.2) is 99.4 Å². The van der Waals surface area contributed by atoms with E-state index < -0.39 is 77.8 Å². The van der Waals surface area contributed by atoms with Gasteiger partial charge in [-0.05, 0) is 75.4 Å². The zero-order valence-corrected chi connectivity index (χ0v) is 35.2. The molecule has 0 bridgehead atoms. The van der Waals surface area contributed by atoms with Gasteiger partial charge in [-0.2, -0.15) is 0 Å². The predicted molar refractivity (Wildman–Crippen MR) is 236 cm³/mol. The van der Waals surface area contributed by atoms with Gasteiger partial charge in [0.1, 0.15) is 36.3 Å². The van der Waals surface area contributed by atoms with E-state index in [2.05, 4.69) is 36.6 Å². The van der Waals surface area contributed by atoms with E-state index in [0.717, 1.165) is 38.6 Å². The number of aryl methyl sites for hydroxylation is 1. The van der Waals surface area contributed by atoms with Crippen LogP contribution in [0.4, 0.5) is 0 Å². The van der Waals surface area contributed by atoms with E-state index in [9.17, 15) is 33.9 Å². The summed E-state index contributed by atoms with van der Waals surface area (Å²) in [5.74, 6) is -4.29. The first-order valence-corrected chi connectivity index (χ1v) is 20.8. The van der Waals surface area contributed by atoms with E-state index in [1.165, 1.54) is 13.8 Å². The number of aromatic nitrogens is 2. The monoisotopic (exact) mass is 850 g/mol. The van der Waals surface area contributed by atoms with E-state index in [0.29, 0.717) is 24.9 Å². The normalized spacial score (nSPS) is 14.7. The molecular formula is C45H58N10O7. The molecule has 3 aromatic carbocycles. The van der Waals surface area contributed by atoms with E-state index in [-0.39, 0.29) is 25.7 Å². The SMILES string of the molecule is Cc1[nH]c2ccccc2c1C[C@@H](NC(=O)[C@@H](N)[C@@H](C)O)C(=O)N[C@@H](C)C(=O)N[C@@H](Cc1c[nH]c2ccccc12)C(=O)N[C@H](Cc1ccccc1)C(=O)N[C@@H](CCCCN)C(N)=O. The number of nitrogens with two attached hydrogens (primary N) is 3. The van der Waals surface area contributed by atoms with E-state index in [4.69, 9.17) is 17.2 Å². The van der Waals surface area contributed by atoms with Crippen molar-refractivity contribution in [2.45, 2.75) is 102 Å². The summed E-state index contributed by atoms with van der Waals surface area (Å²) in [5.41, 5.74) is 21.8. The van der Waals surface area contributed by atoms with Gasteiger partial charge in [0.25, 0.3) is 0 Å². The zero-order valence-electron chi connectivity index (χ0n) is 35.2. The van der Waals surface area contributed by atoms with Crippen LogP contribution < -0.4 is 43.8 Å². The van der Waals surface area contributed by atoms with Crippen molar-refractivity contribution in [2.75, 3.05) is 6.54 Å². The summed E-state index contributed by atoms with van der Waals surface area (Å²) in [7, 11) is 0. The number of rotatable bonds is 22. The fourth-order valence-corrected chi connectivity index (χ4v) is 7.29. The van der Waals surface area contributed by atoms with Crippen molar-refractivity contribution in [1.82, 2.24) is 36.6 Å². The summed E-state index contributed by atoms with van der Waals surface area (Å²) in [6.45, 7) is 5.04. The number of fused-ring (bicyclic) bond motifs is 2. The molecule has 0 unspecified atom stereocenters. The topological polar surface area (TPSA) is 292 Å². The highest BCUT2D eigenvalue weighted by molar-refractivity contribution is 5.97. The van der Waals surface area contributed by atoms with Crippen LogP contribution in [0.25, 0.3) is 21.8 Å². The molecule has 62 heavy (non-hydrogen) atoms. The molecule has 17 heteroatoms. The van der Waals surface area contributed by atoms with Gasteiger partial charge in [-0.15, -0.1) is 0 Å². The standard InChI is InChI=1S/C45H58N10O7/c1-25-32(31-16-8-10-18-34(31)50-25)23-38(55-45(62)39(47)27(3)56)42(59)51-26(2)41(58)53-37(22-29-24-49-33-17-9-7-15-30(29)33)44(61)54-36(21-28-13-5-4-6-14-28)43(60)52-35(40(48)57)19-11-12-20-46/h4-10,13-18,24,26-27,35-39,49-50,56H,11-12,19-23,46-47H2,1-3H3,(H2,48,57)(H,51,59)(H,52,60)(H,53,58)(H,54,61)(H,55,62)/t26-,27+,35-,36+,37-,38+,39-/m0/s1. The quantitative estimate of drug-likeness (QED) is 0.0438. The van der Waals surface area contributed by atoms with Gasteiger partial charge in [-0.1, -0.05) is 66.7 Å². The molecular weight excluding hydrogens is 793 g/mol. The number of aliphatic hydroxyl groups excluding tert-OH is 1. The van der Waals surface area contributed by atoms with Crippen molar-refractivity contribution in [1.29, 1.82) is 0 Å². The number of hydrogen-bond donors (Lipinski definition) is 11. The van der Waals surface area contributed by atoms with E-state index in [1.807, 2.05) is 61.5 Å². The van der Waals surface area contributed by atoms with Gasteiger partial charge in [-0.25, -0.2) is 0 Å². The van der Waals surface area contributed by atoms with Crippen molar-refractivity contribution < 1.29 is 33.9 Å². The highest BCUT2D eigenvalue weighted by Gasteiger charge is 2.33. The molecule has 0 aliphatic heterocycles. The van der Waals surface area contributed by atoms with Crippen LogP contribution in [0.1, 0.15) is 55.5 Å². The number of aromatic amines is 2. The number of primary amides is 1. The maximum absolute atomic E-state index is 14.4. The fourth-order valence-electron chi connectivity index (χ4n) is 7.29. The maximum atomic E-state index is 14.4. The number of para-hydroxylation sites is 2. The number of benzene rings is 3. The Morgan fingerprint density at radius 3 is 1.85 bits per heavy atom. The van der Waals surface area contributed by atoms with Gasteiger partial charge in [0.2, 0.25) is 35.4 Å². The fraction of sp³-hybridized carbons (Fsp3) is 0.378. The van der Waals surface area contributed by atoms with Crippen LogP contribution in [-0.2, 0) is 48.0 Å². The number of unbranched alkanes of at least 4 members (excludes halogenated alkanes) is 1. The minimum atomic E-state index is -1.33. The Morgan fingerprint density at radius 2 is 1.19 bits per heavy atom. The smallest absolute Gasteiger partial charge is 0.243 e. The van der Waals surface area contributed by atoms with Gasteiger partial charge in [0, 0.05) is 53.0 Å². The van der Waals surface area contributed by atoms with E-state index >= 15 is 0 Å². The lowest BCUT2D eigenvalue weighted by Crippen LogP contribution is -2.60. The summed E-state index contributed by atoms with van der Waals surface area (Å²) in [4.78, 5) is 88.2. The Kier molecular flexibility index (Phi) is 16.4. The lowest BCUT2D eigenvalue weighted by atomic mass is 10.0. The minimum Gasteiger partial charge on any atom is -0.391 e. The largest absolute Gasteiger partial charge is 0.391 e. The van der Waals surface area contributed by atoms with E-state index in [1.54, 1.807) is 30.5 Å². The summed E-state index contributed by atoms with van der Waals surface area (Å²) in [6, 6.07) is 16.7. The second-order valence-electron chi connectivity index (χ2n) is 15.7. The van der Waals surface area contributed by atoms with Gasteiger partial charge < -0.3 is 58.9 Å². The maximum Gasteiger partial charge on any atom is 0.243 e. The van der Waals surface area contributed by atoms with Crippen molar-refractivity contribution in [3.63, 3.8) is 0 Å². The van der Waals surface area contributed by atoms with Gasteiger partial charge in [0.15, 0.2) is 0 Å². The number of carbonyl (C=O) groups is 6. The first kappa shape index (κ1) is 46.5. The molecule has 0 saturated heterocycles. The summed E-state index contributed by atoms with van der Waals surface area (Å²) in [6.07, 6.45) is 2.00. The summed E-state index contributed by atoms with van der Waals surface area (Å²) >= 11 is 0. The van der Waals surface area contributed by atoms with Gasteiger partial charge in [-0.3, -0.25) is 28.8 Å². The molecule has 330 valence electrons. The Balaban J connectivity index is 1.39. The Labute approximate surface area is 359 Å². The van der Waals surface area contributed by atoms with Crippen LogP contribution >= 0.6 is 0 Å². The first-order chi connectivity index (χ1) is 29.7. The average Bonchev–Trinajstić information content (AvgIpc) is 3.81. The van der Waals surface area contributed by atoms with Crippen LogP contribution in [0.15, 0.2) is 85.1 Å². The average molecular weight is 851 g/mol. The molecule has 0 fully saturated rings. The lowest BCUT2D eigenvalue weighted by Gasteiger charge is -2.26. The molecule has 5 rings (SSSR count). The minimum absolute atomic E-state index is 0.0132.